The number of rotatable bonds is 8. The second kappa shape index (κ2) is 8.01. The number of carboxylic acids is 1. The highest BCUT2D eigenvalue weighted by molar-refractivity contribution is 5.77. The third-order valence-corrected chi connectivity index (χ3v) is 2.74. The number of aliphatic carboxylic acids is 1. The first-order valence-electron chi connectivity index (χ1n) is 6.41. The lowest BCUT2D eigenvalue weighted by molar-refractivity contribution is -0.140. The fourth-order valence-corrected chi connectivity index (χ4v) is 1.74. The molecule has 0 aliphatic carbocycles. The van der Waals surface area contributed by atoms with E-state index in [-0.39, 0.29) is 19.4 Å². The van der Waals surface area contributed by atoms with Crippen LogP contribution in [0.1, 0.15) is 25.3 Å². The van der Waals surface area contributed by atoms with Crippen LogP contribution in [0, 0.1) is 0 Å². The number of nitrogens with one attached hydrogen (secondary N) is 1. The molecule has 1 amide bonds. The van der Waals surface area contributed by atoms with Crippen molar-refractivity contribution in [2.45, 2.75) is 32.4 Å². The molecule has 0 fully saturated rings. The van der Waals surface area contributed by atoms with Crippen LogP contribution in [-0.2, 0) is 20.9 Å². The van der Waals surface area contributed by atoms with Crippen LogP contribution >= 0.6 is 0 Å². The van der Waals surface area contributed by atoms with Gasteiger partial charge in [-0.05, 0) is 12.5 Å². The Hall–Kier alpha value is -2.41. The lowest BCUT2D eigenvalue weighted by atomic mass is 10.1. The average Bonchev–Trinajstić information content (AvgIpc) is 2.39. The summed E-state index contributed by atoms with van der Waals surface area (Å²) in [4.78, 5) is 32.8. The molecule has 1 aromatic rings. The third kappa shape index (κ3) is 6.05. The Morgan fingerprint density at radius 2 is 2.00 bits per heavy atom. The maximum Gasteiger partial charge on any atom is 0.320 e. The Morgan fingerprint density at radius 1 is 1.33 bits per heavy atom. The highest BCUT2D eigenvalue weighted by Crippen LogP contribution is 2.18. The number of esters is 1. The van der Waals surface area contributed by atoms with E-state index in [2.05, 4.69) is 5.32 Å². The van der Waals surface area contributed by atoms with Gasteiger partial charge in [0.25, 0.3) is 0 Å². The molecule has 0 aromatic heterocycles. The summed E-state index contributed by atoms with van der Waals surface area (Å²) in [6.45, 7) is 1.48. The summed E-state index contributed by atoms with van der Waals surface area (Å²) in [5.74, 6) is -1.70. The van der Waals surface area contributed by atoms with Gasteiger partial charge < -0.3 is 20.9 Å². The minimum Gasteiger partial charge on any atom is -0.480 e. The molecule has 1 aromatic carbocycles. The van der Waals surface area contributed by atoms with Gasteiger partial charge in [0.2, 0.25) is 5.91 Å². The Labute approximate surface area is 122 Å². The molecule has 114 valence electrons. The van der Waals surface area contributed by atoms with Crippen molar-refractivity contribution < 1.29 is 24.2 Å². The monoisotopic (exact) mass is 294 g/mol. The van der Waals surface area contributed by atoms with Gasteiger partial charge in [-0.2, -0.15) is 0 Å². The van der Waals surface area contributed by atoms with Crippen LogP contribution in [0.15, 0.2) is 24.3 Å². The maximum absolute atomic E-state index is 11.1. The molecular formula is C14H18N2O5. The molecule has 0 aliphatic rings. The van der Waals surface area contributed by atoms with Gasteiger partial charge in [-0.25, -0.2) is 0 Å². The summed E-state index contributed by atoms with van der Waals surface area (Å²) >= 11 is 0. The van der Waals surface area contributed by atoms with E-state index in [4.69, 9.17) is 15.6 Å². The molecule has 7 nitrogen and oxygen atoms in total. The van der Waals surface area contributed by atoms with Crippen molar-refractivity contribution >= 4 is 17.8 Å². The summed E-state index contributed by atoms with van der Waals surface area (Å²) in [5.41, 5.74) is 5.66. The number of nitrogens with two attached hydrogens (primary N) is 1. The van der Waals surface area contributed by atoms with E-state index >= 15 is 0 Å². The van der Waals surface area contributed by atoms with E-state index in [9.17, 15) is 14.4 Å². The highest BCUT2D eigenvalue weighted by Gasteiger charge is 2.18. The van der Waals surface area contributed by atoms with Crippen molar-refractivity contribution in [3.05, 3.63) is 29.8 Å². The summed E-state index contributed by atoms with van der Waals surface area (Å²) in [6.07, 6.45) is 0.0793. The number of para-hydroxylation sites is 1. The second-order valence-corrected chi connectivity index (χ2v) is 4.48. The molecule has 0 saturated heterocycles. The fourth-order valence-electron chi connectivity index (χ4n) is 1.74. The molecule has 0 bridgehead atoms. The quantitative estimate of drug-likeness (QED) is 0.472. The fraction of sp³-hybridized carbons (Fsp3) is 0.357. The normalized spacial score (nSPS) is 11.7. The van der Waals surface area contributed by atoms with Gasteiger partial charge in [0.15, 0.2) is 0 Å². The van der Waals surface area contributed by atoms with Gasteiger partial charge in [0.1, 0.15) is 11.8 Å². The van der Waals surface area contributed by atoms with Crippen LogP contribution in [0.5, 0.6) is 5.75 Å². The SMILES string of the molecule is CC(=O)Oc1ccccc1CNC(CCC(N)=O)C(=O)O. The Morgan fingerprint density at radius 3 is 2.57 bits per heavy atom. The van der Waals surface area contributed by atoms with Crippen molar-refractivity contribution in [3.63, 3.8) is 0 Å². The topological polar surface area (TPSA) is 119 Å². The lowest BCUT2D eigenvalue weighted by Crippen LogP contribution is -2.37. The molecule has 4 N–H and O–H groups in total. The molecule has 0 saturated carbocycles. The Balaban J connectivity index is 2.69. The standard InChI is InChI=1S/C14H18N2O5/c1-9(17)21-12-5-3-2-4-10(12)8-16-11(14(19)20)6-7-13(15)18/h2-5,11,16H,6-8H2,1H3,(H2,15,18)(H,19,20). The first-order valence-corrected chi connectivity index (χ1v) is 6.41. The first kappa shape index (κ1) is 16.6. The summed E-state index contributed by atoms with van der Waals surface area (Å²) in [5, 5.41) is 11.9. The van der Waals surface area contributed by atoms with Gasteiger partial charge in [-0.1, -0.05) is 18.2 Å². The van der Waals surface area contributed by atoms with Crippen LogP contribution in [0.3, 0.4) is 0 Å². The highest BCUT2D eigenvalue weighted by atomic mass is 16.5. The number of carbonyl (C=O) groups excluding carboxylic acids is 2. The van der Waals surface area contributed by atoms with Crippen LogP contribution in [0.25, 0.3) is 0 Å². The van der Waals surface area contributed by atoms with E-state index in [0.29, 0.717) is 11.3 Å². The molecule has 0 spiro atoms. The number of carbonyl (C=O) groups is 3. The molecular weight excluding hydrogens is 276 g/mol. The van der Waals surface area contributed by atoms with E-state index in [1.165, 1.54) is 6.92 Å². The van der Waals surface area contributed by atoms with Gasteiger partial charge in [0.05, 0.1) is 0 Å². The number of benzene rings is 1. The largest absolute Gasteiger partial charge is 0.480 e. The summed E-state index contributed by atoms with van der Waals surface area (Å²) in [6, 6.07) is 5.91. The third-order valence-electron chi connectivity index (χ3n) is 2.74. The van der Waals surface area contributed by atoms with Crippen molar-refractivity contribution in [2.75, 3.05) is 0 Å². The minimum atomic E-state index is -1.07. The summed E-state index contributed by atoms with van der Waals surface area (Å²) < 4.78 is 5.04. The van der Waals surface area contributed by atoms with E-state index in [1.54, 1.807) is 24.3 Å². The molecule has 1 unspecified atom stereocenters. The molecule has 0 aliphatic heterocycles. The predicted octanol–water partition coefficient (Wildman–Crippen LogP) is 0.420. The van der Waals surface area contributed by atoms with Crippen LogP contribution in [-0.4, -0.2) is 29.0 Å². The smallest absolute Gasteiger partial charge is 0.320 e. The number of ether oxygens (including phenoxy) is 1. The van der Waals surface area contributed by atoms with Gasteiger partial charge in [-0.15, -0.1) is 0 Å². The molecule has 1 rings (SSSR count). The lowest BCUT2D eigenvalue weighted by Gasteiger charge is -2.15. The first-order chi connectivity index (χ1) is 9.90. The van der Waals surface area contributed by atoms with Crippen molar-refractivity contribution in [1.82, 2.24) is 5.32 Å². The average molecular weight is 294 g/mol. The zero-order valence-electron chi connectivity index (χ0n) is 11.7. The van der Waals surface area contributed by atoms with Crippen LogP contribution in [0.2, 0.25) is 0 Å². The molecule has 0 radical (unpaired) electrons. The number of hydrogen-bond donors (Lipinski definition) is 3. The number of primary amides is 1. The van der Waals surface area contributed by atoms with Crippen molar-refractivity contribution in [3.8, 4) is 5.75 Å². The van der Waals surface area contributed by atoms with Crippen molar-refractivity contribution in [2.24, 2.45) is 5.73 Å². The van der Waals surface area contributed by atoms with Gasteiger partial charge in [0, 0.05) is 25.5 Å². The zero-order valence-corrected chi connectivity index (χ0v) is 11.7. The van der Waals surface area contributed by atoms with Crippen LogP contribution in [0.4, 0.5) is 0 Å². The Bertz CT molecular complexity index is 530. The predicted molar refractivity (Wildman–Crippen MR) is 74.4 cm³/mol. The molecule has 1 atom stereocenters. The maximum atomic E-state index is 11.1. The molecule has 7 heteroatoms. The second-order valence-electron chi connectivity index (χ2n) is 4.48. The van der Waals surface area contributed by atoms with E-state index in [1.807, 2.05) is 0 Å². The van der Waals surface area contributed by atoms with Crippen LogP contribution < -0.4 is 15.8 Å². The zero-order chi connectivity index (χ0) is 15.8. The molecule has 21 heavy (non-hydrogen) atoms. The Kier molecular flexibility index (Phi) is 6.35. The van der Waals surface area contributed by atoms with E-state index in [0.717, 1.165) is 0 Å². The van der Waals surface area contributed by atoms with Crippen molar-refractivity contribution in [1.29, 1.82) is 0 Å². The van der Waals surface area contributed by atoms with E-state index < -0.39 is 23.9 Å². The number of amides is 1. The molecule has 0 heterocycles. The minimum absolute atomic E-state index is 0.0183. The number of hydrogen-bond acceptors (Lipinski definition) is 5. The number of carboxylic acid groups (broad SMARTS) is 1. The van der Waals surface area contributed by atoms with Gasteiger partial charge >= 0.3 is 11.9 Å². The van der Waals surface area contributed by atoms with Gasteiger partial charge in [-0.3, -0.25) is 14.4 Å². The summed E-state index contributed by atoms with van der Waals surface area (Å²) in [7, 11) is 0.